The molecule has 4 aromatic rings. The van der Waals surface area contributed by atoms with E-state index in [9.17, 15) is 31.5 Å². The average molecular weight is 558 g/mol. The number of benzene rings is 2. The molecular formula is C26H22F3N5O4S. The van der Waals surface area contributed by atoms with Crippen molar-refractivity contribution in [3.8, 4) is 0 Å². The van der Waals surface area contributed by atoms with Crippen LogP contribution in [0.3, 0.4) is 0 Å². The first-order chi connectivity index (χ1) is 18.6. The molecule has 0 N–H and O–H groups in total. The number of nitrogens with zero attached hydrogens (tertiary/aromatic N) is 5. The molecule has 0 radical (unpaired) electrons. The number of halogens is 3. The first-order valence-electron chi connectivity index (χ1n) is 11.9. The summed E-state index contributed by atoms with van der Waals surface area (Å²) in [5.74, 6) is -0.663. The Labute approximate surface area is 221 Å². The second kappa shape index (κ2) is 10.3. The van der Waals surface area contributed by atoms with Gasteiger partial charge in [0.15, 0.2) is 26.6 Å². The van der Waals surface area contributed by atoms with Crippen LogP contribution in [0.1, 0.15) is 21.6 Å². The third-order valence-corrected chi connectivity index (χ3v) is 8.31. The number of rotatable bonds is 5. The van der Waals surface area contributed by atoms with Gasteiger partial charge in [-0.25, -0.2) is 9.97 Å². The molecule has 202 valence electrons. The lowest BCUT2D eigenvalue weighted by molar-refractivity contribution is -0.137. The zero-order valence-electron chi connectivity index (χ0n) is 20.4. The third kappa shape index (κ3) is 5.33. The molecule has 1 unspecified atom stereocenters. The highest BCUT2D eigenvalue weighted by Gasteiger charge is 2.38. The molecule has 3 heterocycles. The first kappa shape index (κ1) is 26.7. The van der Waals surface area contributed by atoms with Crippen molar-refractivity contribution in [2.45, 2.75) is 17.6 Å². The molecule has 13 heteroatoms. The molecule has 1 atom stereocenters. The fourth-order valence-corrected chi connectivity index (χ4v) is 5.86. The van der Waals surface area contributed by atoms with Crippen LogP contribution < -0.4 is 5.56 Å². The summed E-state index contributed by atoms with van der Waals surface area (Å²) in [6, 6.07) is 16.0. The van der Waals surface area contributed by atoms with Gasteiger partial charge in [-0.3, -0.25) is 14.2 Å². The summed E-state index contributed by atoms with van der Waals surface area (Å²) in [6.07, 6.45) is -3.16. The molecule has 5 rings (SSSR count). The van der Waals surface area contributed by atoms with Gasteiger partial charge in [0.1, 0.15) is 5.52 Å². The summed E-state index contributed by atoms with van der Waals surface area (Å²) in [4.78, 5) is 36.2. The summed E-state index contributed by atoms with van der Waals surface area (Å²) >= 11 is 0. The molecule has 2 aromatic carbocycles. The van der Waals surface area contributed by atoms with E-state index in [0.29, 0.717) is 17.2 Å². The van der Waals surface area contributed by atoms with Crippen molar-refractivity contribution in [3.63, 3.8) is 0 Å². The molecule has 1 aliphatic heterocycles. The predicted octanol–water partition coefficient (Wildman–Crippen LogP) is 3.22. The van der Waals surface area contributed by atoms with E-state index in [4.69, 9.17) is 0 Å². The smallest absolute Gasteiger partial charge is 0.416 e. The van der Waals surface area contributed by atoms with E-state index in [0.717, 1.165) is 28.1 Å². The van der Waals surface area contributed by atoms with E-state index < -0.39 is 38.5 Å². The number of carbonyl (C=O) groups excluding carboxylic acids is 1. The standard InChI is InChI=1S/C26H22F3N5O4S/c27-26(28,29)19-8-4-9-20(16-19)39(37,38)33-14-12-32(13-15-33)24(35)22-25(36)34(17-18-6-2-1-3-7-18)23-21(31-22)10-5-11-30-23/h1-11,16H,12-15,17H2. The van der Waals surface area contributed by atoms with Gasteiger partial charge in [-0.05, 0) is 29.8 Å². The predicted molar refractivity (Wildman–Crippen MR) is 135 cm³/mol. The summed E-state index contributed by atoms with van der Waals surface area (Å²) in [5.41, 5.74) is -0.526. The normalized spacial score (nSPS) is 16.3. The van der Waals surface area contributed by atoms with Gasteiger partial charge >= 0.3 is 6.18 Å². The number of aromatic nitrogens is 3. The minimum atomic E-state index is -4.69. The number of fused-ring (bicyclic) bond motifs is 1. The van der Waals surface area contributed by atoms with E-state index in [-0.39, 0.29) is 38.4 Å². The fraction of sp³-hybridized carbons (Fsp3) is 0.231. The quantitative estimate of drug-likeness (QED) is 0.349. The zero-order chi connectivity index (χ0) is 27.8. The van der Waals surface area contributed by atoms with Crippen molar-refractivity contribution >= 4 is 27.5 Å². The number of hydrogen-bond acceptors (Lipinski definition) is 6. The highest BCUT2D eigenvalue weighted by Crippen LogP contribution is 2.32. The molecular weight excluding hydrogens is 535 g/mol. The van der Waals surface area contributed by atoms with Gasteiger partial charge in [-0.2, -0.15) is 13.2 Å². The SMILES string of the molecule is O=C(c1nc2cccnc2n(Cc2ccccc2)c1=O)N1CCN([S+](=O)([O-])c2cccc(C(F)(F)F)c2)CC1. The van der Waals surface area contributed by atoms with Crippen LogP contribution in [-0.4, -0.2) is 60.4 Å². The molecule has 0 bridgehead atoms. The molecule has 0 spiro atoms. The van der Waals surface area contributed by atoms with Crippen LogP contribution in [0.25, 0.3) is 11.2 Å². The Bertz CT molecular complexity index is 1640. The Morgan fingerprint density at radius 2 is 1.69 bits per heavy atom. The van der Waals surface area contributed by atoms with Gasteiger partial charge in [0.2, 0.25) is 0 Å². The van der Waals surface area contributed by atoms with E-state index in [1.54, 1.807) is 12.1 Å². The lowest BCUT2D eigenvalue weighted by atomic mass is 10.2. The van der Waals surface area contributed by atoms with Crippen molar-refractivity contribution in [2.75, 3.05) is 26.2 Å². The van der Waals surface area contributed by atoms with Crippen molar-refractivity contribution in [1.29, 1.82) is 0 Å². The van der Waals surface area contributed by atoms with Crippen LogP contribution in [0.4, 0.5) is 13.2 Å². The number of amides is 1. The maximum Gasteiger partial charge on any atom is 0.416 e. The van der Waals surface area contributed by atoms with Gasteiger partial charge in [0.25, 0.3) is 11.5 Å². The van der Waals surface area contributed by atoms with Crippen LogP contribution in [0, 0.1) is 0 Å². The topological polar surface area (TPSA) is 111 Å². The molecule has 1 aliphatic rings. The molecule has 0 aliphatic carbocycles. The second-order valence-electron chi connectivity index (χ2n) is 8.91. The minimum Gasteiger partial charge on any atom is -0.593 e. The Morgan fingerprint density at radius 3 is 2.38 bits per heavy atom. The van der Waals surface area contributed by atoms with Crippen LogP contribution >= 0.6 is 0 Å². The third-order valence-electron chi connectivity index (χ3n) is 6.41. The summed E-state index contributed by atoms with van der Waals surface area (Å²) in [7, 11) is -4.23. The fourth-order valence-electron chi connectivity index (χ4n) is 4.39. The van der Waals surface area contributed by atoms with Crippen molar-refractivity contribution < 1.29 is 26.7 Å². The second-order valence-corrected chi connectivity index (χ2v) is 10.8. The lowest BCUT2D eigenvalue weighted by Gasteiger charge is -2.35. The van der Waals surface area contributed by atoms with Gasteiger partial charge < -0.3 is 9.45 Å². The summed E-state index contributed by atoms with van der Waals surface area (Å²) in [6.45, 7) is -0.280. The van der Waals surface area contributed by atoms with E-state index in [1.807, 2.05) is 30.3 Å². The first-order valence-corrected chi connectivity index (χ1v) is 13.4. The number of carbonyl (C=O) groups is 1. The van der Waals surface area contributed by atoms with Gasteiger partial charge in [0.05, 0.1) is 25.2 Å². The number of sulfonamides is 1. The van der Waals surface area contributed by atoms with Crippen LogP contribution in [0.2, 0.25) is 0 Å². The Morgan fingerprint density at radius 1 is 0.974 bits per heavy atom. The molecule has 2 aromatic heterocycles. The summed E-state index contributed by atoms with van der Waals surface area (Å²) in [5, 5.41) is 0. The van der Waals surface area contributed by atoms with Crippen molar-refractivity contribution in [1.82, 2.24) is 23.7 Å². The van der Waals surface area contributed by atoms with Crippen LogP contribution in [-0.2, 0) is 27.3 Å². The van der Waals surface area contributed by atoms with E-state index in [2.05, 4.69) is 9.97 Å². The lowest BCUT2D eigenvalue weighted by Crippen LogP contribution is -2.53. The van der Waals surface area contributed by atoms with Gasteiger partial charge in [-0.1, -0.05) is 40.6 Å². The minimum absolute atomic E-state index is 0.0676. The molecule has 0 saturated carbocycles. The van der Waals surface area contributed by atoms with Gasteiger partial charge in [-0.15, -0.1) is 4.31 Å². The Kier molecular flexibility index (Phi) is 7.05. The number of pyridine rings is 1. The molecule has 1 fully saturated rings. The van der Waals surface area contributed by atoms with Crippen molar-refractivity contribution in [3.05, 3.63) is 100 Å². The number of alkyl halides is 3. The average Bonchev–Trinajstić information content (AvgIpc) is 2.94. The zero-order valence-corrected chi connectivity index (χ0v) is 21.2. The highest BCUT2D eigenvalue weighted by molar-refractivity contribution is 7.95. The Balaban J connectivity index is 1.38. The van der Waals surface area contributed by atoms with E-state index >= 15 is 0 Å². The van der Waals surface area contributed by atoms with Crippen LogP contribution in [0.5, 0.6) is 0 Å². The molecule has 9 nitrogen and oxygen atoms in total. The monoisotopic (exact) mass is 557 g/mol. The Hall–Kier alpha value is -3.94. The van der Waals surface area contributed by atoms with E-state index in [1.165, 1.54) is 15.7 Å². The summed E-state index contributed by atoms with van der Waals surface area (Å²) < 4.78 is 67.7. The number of piperazine rings is 1. The van der Waals surface area contributed by atoms with Gasteiger partial charge in [0, 0.05) is 25.4 Å². The van der Waals surface area contributed by atoms with Crippen LogP contribution in [0.15, 0.2) is 82.6 Å². The molecule has 1 amide bonds. The maximum absolute atomic E-state index is 13.4. The molecule has 1 saturated heterocycles. The molecule has 39 heavy (non-hydrogen) atoms. The largest absolute Gasteiger partial charge is 0.593 e. The number of hydrogen-bond donors (Lipinski definition) is 0. The maximum atomic E-state index is 13.4. The highest BCUT2D eigenvalue weighted by atomic mass is 32.3. The van der Waals surface area contributed by atoms with Crippen molar-refractivity contribution in [2.24, 2.45) is 0 Å².